The molecule has 0 radical (unpaired) electrons. The highest BCUT2D eigenvalue weighted by Gasteiger charge is 2.44. The fourth-order valence-electron chi connectivity index (χ4n) is 7.36. The predicted octanol–water partition coefficient (Wildman–Crippen LogP) is 8.24. The maximum Gasteiger partial charge on any atom is 0.435 e. The zero-order chi connectivity index (χ0) is 35.2. The van der Waals surface area contributed by atoms with Gasteiger partial charge in [0.1, 0.15) is 11.2 Å². The second kappa shape index (κ2) is 13.0. The van der Waals surface area contributed by atoms with Crippen LogP contribution in [0.2, 0.25) is 0 Å². The van der Waals surface area contributed by atoms with E-state index in [9.17, 15) is 4.79 Å². The Morgan fingerprint density at radius 3 is 2.04 bits per heavy atom. The van der Waals surface area contributed by atoms with Crippen molar-refractivity contribution >= 4 is 22.9 Å². The summed E-state index contributed by atoms with van der Waals surface area (Å²) >= 11 is 1.56. The highest BCUT2D eigenvalue weighted by Crippen LogP contribution is 2.44. The Bertz CT molecular complexity index is 2220. The monoisotopic (exact) mass is 702 g/mol. The Balaban J connectivity index is 1.27. The van der Waals surface area contributed by atoms with Crippen molar-refractivity contribution in [1.82, 2.24) is 24.1 Å². The largest absolute Gasteiger partial charge is 0.435 e. The van der Waals surface area contributed by atoms with Gasteiger partial charge in [-0.25, -0.2) is 4.98 Å². The van der Waals surface area contributed by atoms with Gasteiger partial charge in [-0.3, -0.25) is 18.8 Å². The molecule has 1 saturated heterocycles. The molecule has 7 aromatic rings. The lowest BCUT2D eigenvalue weighted by molar-refractivity contribution is -0.141. The lowest BCUT2D eigenvalue weighted by Gasteiger charge is -2.36. The number of likely N-dealkylation sites (tertiary alicyclic amines) is 1. The number of carbonyl (C=O) groups excluding carboxylic acids is 1. The Kier molecular flexibility index (Phi) is 8.32. The Morgan fingerprint density at radius 2 is 1.45 bits per heavy atom. The minimum absolute atomic E-state index is 0.0467. The van der Waals surface area contributed by atoms with Crippen LogP contribution in [0.5, 0.6) is 0 Å². The fraction of sp³-hybridized carbons (Fsp3) is 0.175. The van der Waals surface area contributed by atoms with E-state index in [0.717, 1.165) is 51.5 Å². The second-order valence-corrected chi connectivity index (χ2v) is 13.9. The van der Waals surface area contributed by atoms with Crippen LogP contribution in [0.25, 0.3) is 27.3 Å². The van der Waals surface area contributed by atoms with Crippen molar-refractivity contribution in [1.29, 1.82) is 0 Å². The molecule has 5 heterocycles. The van der Waals surface area contributed by atoms with Crippen LogP contribution in [0.15, 0.2) is 134 Å². The zero-order valence-electron chi connectivity index (χ0n) is 27.4. The van der Waals surface area contributed by atoms with Crippen molar-refractivity contribution in [2.24, 2.45) is 5.73 Å². The predicted molar refractivity (Wildman–Crippen MR) is 192 cm³/mol. The van der Waals surface area contributed by atoms with E-state index in [2.05, 4.69) is 15.0 Å². The maximum atomic E-state index is 15.1. The van der Waals surface area contributed by atoms with Crippen molar-refractivity contribution in [3.8, 4) is 21.7 Å². The number of thiophene rings is 1. The van der Waals surface area contributed by atoms with Crippen LogP contribution in [-0.2, 0) is 23.1 Å². The molecule has 3 aromatic carbocycles. The third-order valence-electron chi connectivity index (χ3n) is 9.68. The molecule has 8 rings (SSSR count). The summed E-state index contributed by atoms with van der Waals surface area (Å²) in [6.45, 7) is 1.40. The Morgan fingerprint density at radius 1 is 0.824 bits per heavy atom. The lowest BCUT2D eigenvalue weighted by Crippen LogP contribution is -2.39. The Labute approximate surface area is 296 Å². The van der Waals surface area contributed by atoms with Crippen molar-refractivity contribution < 1.29 is 18.0 Å². The molecule has 2 N–H and O–H groups in total. The summed E-state index contributed by atoms with van der Waals surface area (Å²) in [4.78, 5) is 20.6. The van der Waals surface area contributed by atoms with Gasteiger partial charge < -0.3 is 5.73 Å². The van der Waals surface area contributed by atoms with E-state index in [-0.39, 0.29) is 17.5 Å². The molecular weight excluding hydrogens is 670 g/mol. The van der Waals surface area contributed by atoms with Crippen LogP contribution in [-0.4, -0.2) is 42.6 Å². The number of pyridine rings is 1. The molecule has 1 atom stereocenters. The number of fused-ring (bicyclic) bond motifs is 1. The highest BCUT2D eigenvalue weighted by molar-refractivity contribution is 7.15. The molecule has 7 nitrogen and oxygen atoms in total. The topological polar surface area (TPSA) is 81.5 Å². The third-order valence-corrected chi connectivity index (χ3v) is 10.8. The average Bonchev–Trinajstić information content (AvgIpc) is 3.97. The molecular formula is C40H33F3N6OS. The number of rotatable bonds is 9. The normalized spacial score (nSPS) is 15.5. The van der Waals surface area contributed by atoms with Gasteiger partial charge in [-0.2, -0.15) is 18.3 Å². The van der Waals surface area contributed by atoms with Crippen LogP contribution in [0.4, 0.5) is 13.2 Å². The van der Waals surface area contributed by atoms with E-state index in [4.69, 9.17) is 5.73 Å². The van der Waals surface area contributed by atoms with Gasteiger partial charge in [0.15, 0.2) is 5.69 Å². The van der Waals surface area contributed by atoms with Crippen LogP contribution < -0.4 is 5.73 Å². The summed E-state index contributed by atoms with van der Waals surface area (Å²) in [5.74, 6) is -0.311. The lowest BCUT2D eigenvalue weighted by atomic mass is 9.77. The number of carbonyl (C=O) groups is 1. The van der Waals surface area contributed by atoms with E-state index in [1.807, 2.05) is 108 Å². The van der Waals surface area contributed by atoms with Crippen LogP contribution in [0, 0.1) is 0 Å². The molecule has 0 saturated carbocycles. The highest BCUT2D eigenvalue weighted by atomic mass is 32.1. The summed E-state index contributed by atoms with van der Waals surface area (Å²) in [7, 11) is 0. The molecule has 1 aliphatic heterocycles. The molecule has 1 aliphatic rings. The molecule has 51 heavy (non-hydrogen) atoms. The van der Waals surface area contributed by atoms with Gasteiger partial charge in [-0.1, -0.05) is 91.0 Å². The zero-order valence-corrected chi connectivity index (χ0v) is 28.2. The SMILES string of the molecule is NC(=O)[C@@H]1CCCN1Cc1ccc(-c2cnc3ccc(-c4cn(C(c5ccccc5)(c5ccccc5)c5ccccc5)nc4C(F)(F)F)cn23)s1. The number of hydrogen-bond acceptors (Lipinski definition) is 5. The smallest absolute Gasteiger partial charge is 0.368 e. The van der Waals surface area contributed by atoms with Crippen LogP contribution in [0.1, 0.15) is 40.1 Å². The first kappa shape index (κ1) is 32.7. The summed E-state index contributed by atoms with van der Waals surface area (Å²) in [6, 6.07) is 35.6. The van der Waals surface area contributed by atoms with Crippen molar-refractivity contribution in [2.75, 3.05) is 6.54 Å². The minimum Gasteiger partial charge on any atom is -0.368 e. The average molecular weight is 703 g/mol. The van der Waals surface area contributed by atoms with Crippen LogP contribution >= 0.6 is 11.3 Å². The number of halogens is 3. The van der Waals surface area contributed by atoms with Gasteiger partial charge in [0.25, 0.3) is 0 Å². The number of alkyl halides is 3. The molecule has 1 fully saturated rings. The molecule has 1 amide bonds. The molecule has 0 unspecified atom stereocenters. The standard InChI is InChI=1S/C40H33F3N6OS/c41-40(42,43)37-32(26-49(46-37)39(28-11-4-1-5-12-28,29-13-6-2-7-14-29)30-15-8-3-9-16-30)27-18-21-36-45-23-34(48(36)24-27)35-20-19-31(51-35)25-47-22-10-17-33(47)38(44)50/h1-9,11-16,18-21,23-24,26,33H,10,17,22,25H2,(H2,44,50)/t33-/m0/s1. The number of imidazole rings is 1. The minimum atomic E-state index is -4.75. The van der Waals surface area contributed by atoms with Crippen LogP contribution in [0.3, 0.4) is 0 Å². The summed E-state index contributed by atoms with van der Waals surface area (Å²) < 4.78 is 48.5. The Hall–Kier alpha value is -5.52. The van der Waals surface area contributed by atoms with Gasteiger partial charge in [-0.15, -0.1) is 11.3 Å². The number of primary amides is 1. The number of benzene rings is 3. The number of nitrogens with two attached hydrogens (primary N) is 1. The third kappa shape index (κ3) is 5.82. The van der Waals surface area contributed by atoms with Gasteiger partial charge in [-0.05, 0) is 60.3 Å². The van der Waals surface area contributed by atoms with E-state index < -0.39 is 17.4 Å². The van der Waals surface area contributed by atoms with Crippen molar-refractivity contribution in [2.45, 2.75) is 37.1 Å². The van der Waals surface area contributed by atoms with Crippen molar-refractivity contribution in [3.63, 3.8) is 0 Å². The summed E-state index contributed by atoms with van der Waals surface area (Å²) in [6.07, 6.45) is 1.87. The van der Waals surface area contributed by atoms with Gasteiger partial charge in [0.05, 0.1) is 22.8 Å². The number of hydrogen-bond donors (Lipinski definition) is 1. The first-order chi connectivity index (χ1) is 24.7. The van der Waals surface area contributed by atoms with Gasteiger partial charge in [0, 0.05) is 34.9 Å². The fourth-order valence-corrected chi connectivity index (χ4v) is 8.40. The quantitative estimate of drug-likeness (QED) is 0.154. The molecule has 11 heteroatoms. The summed E-state index contributed by atoms with van der Waals surface area (Å²) in [5.41, 5.74) is 7.39. The van der Waals surface area contributed by atoms with Gasteiger partial charge in [0.2, 0.25) is 5.91 Å². The van der Waals surface area contributed by atoms with Crippen molar-refractivity contribution in [3.05, 3.63) is 161 Å². The number of nitrogens with zero attached hydrogens (tertiary/aromatic N) is 5. The van der Waals surface area contributed by atoms with E-state index >= 15 is 13.2 Å². The number of amides is 1. The van der Waals surface area contributed by atoms with Gasteiger partial charge >= 0.3 is 6.18 Å². The molecule has 0 spiro atoms. The van der Waals surface area contributed by atoms with E-state index in [1.165, 1.54) is 10.9 Å². The van der Waals surface area contributed by atoms with E-state index in [0.29, 0.717) is 17.8 Å². The maximum absolute atomic E-state index is 15.1. The molecule has 4 aromatic heterocycles. The summed E-state index contributed by atoms with van der Waals surface area (Å²) in [5, 5.41) is 4.41. The first-order valence-electron chi connectivity index (χ1n) is 16.7. The first-order valence-corrected chi connectivity index (χ1v) is 17.5. The molecule has 0 bridgehead atoms. The molecule has 0 aliphatic carbocycles. The number of aromatic nitrogens is 4. The van der Waals surface area contributed by atoms with E-state index in [1.54, 1.807) is 35.9 Å². The second-order valence-electron chi connectivity index (χ2n) is 12.7. The molecule has 256 valence electrons.